The number of benzene rings is 3. The largest absolute Gasteiger partial charge is 0.346 e. The van der Waals surface area contributed by atoms with Crippen LogP contribution in [0.3, 0.4) is 0 Å². The molecule has 0 radical (unpaired) electrons. The highest BCUT2D eigenvalue weighted by molar-refractivity contribution is 9.10. The molecule has 0 aliphatic heterocycles. The van der Waals surface area contributed by atoms with E-state index >= 15 is 0 Å². The Hall–Kier alpha value is -3.04. The zero-order valence-electron chi connectivity index (χ0n) is 17.8. The average Bonchev–Trinajstić information content (AvgIpc) is 2.79. The monoisotopic (exact) mass is 573 g/mol. The summed E-state index contributed by atoms with van der Waals surface area (Å²) in [6.45, 7) is 3.62. The highest BCUT2D eigenvalue weighted by atomic mass is 79.9. The molecule has 2 atom stereocenters. The van der Waals surface area contributed by atoms with E-state index in [1.807, 2.05) is 62.4 Å². The van der Waals surface area contributed by atoms with Crippen LogP contribution in [0.4, 0.5) is 5.69 Å². The molecule has 33 heavy (non-hydrogen) atoms. The molecule has 2 amide bonds. The molecular formula is C24H21Br2N3O4. The van der Waals surface area contributed by atoms with Gasteiger partial charge in [-0.3, -0.25) is 19.7 Å². The van der Waals surface area contributed by atoms with E-state index < -0.39 is 16.7 Å². The predicted octanol–water partition coefficient (Wildman–Crippen LogP) is 6.10. The summed E-state index contributed by atoms with van der Waals surface area (Å²) >= 11 is 6.74. The van der Waals surface area contributed by atoms with Crippen molar-refractivity contribution < 1.29 is 14.5 Å². The minimum Gasteiger partial charge on any atom is -0.346 e. The Kier molecular flexibility index (Phi) is 7.99. The summed E-state index contributed by atoms with van der Waals surface area (Å²) in [4.78, 5) is 36.5. The minimum atomic E-state index is -0.621. The van der Waals surface area contributed by atoms with Crippen LogP contribution in [0.15, 0.2) is 75.7 Å². The standard InChI is InChI=1S/C24H21Br2N3O4/c1-14(16-3-7-20(25)8-4-16)27-23(30)18-11-19(13-22(12-18)29(32)33)24(31)28-15(2)17-5-9-21(26)10-6-17/h3-15H,1-2H3,(H,27,30)(H,28,31)/t14-,15+. The molecule has 2 N–H and O–H groups in total. The number of hydrogen-bond donors (Lipinski definition) is 2. The maximum absolute atomic E-state index is 12.8. The molecule has 7 nitrogen and oxygen atoms in total. The van der Waals surface area contributed by atoms with Crippen molar-refractivity contribution in [2.75, 3.05) is 0 Å². The lowest BCUT2D eigenvalue weighted by Gasteiger charge is -2.16. The Balaban J connectivity index is 1.81. The van der Waals surface area contributed by atoms with Crippen LogP contribution < -0.4 is 10.6 Å². The number of hydrogen-bond acceptors (Lipinski definition) is 4. The molecule has 3 aromatic carbocycles. The summed E-state index contributed by atoms with van der Waals surface area (Å²) < 4.78 is 1.83. The van der Waals surface area contributed by atoms with Crippen LogP contribution in [0.25, 0.3) is 0 Å². The average molecular weight is 575 g/mol. The number of non-ortho nitro benzene ring substituents is 1. The number of halogens is 2. The maximum Gasteiger partial charge on any atom is 0.271 e. The third-order valence-corrected chi connectivity index (χ3v) is 6.15. The summed E-state index contributed by atoms with van der Waals surface area (Å²) in [7, 11) is 0. The van der Waals surface area contributed by atoms with Crippen molar-refractivity contribution >= 4 is 49.4 Å². The molecule has 9 heteroatoms. The normalized spacial score (nSPS) is 12.5. The van der Waals surface area contributed by atoms with Crippen LogP contribution in [-0.4, -0.2) is 16.7 Å². The van der Waals surface area contributed by atoms with E-state index in [2.05, 4.69) is 42.5 Å². The number of nitro groups is 1. The van der Waals surface area contributed by atoms with E-state index in [0.29, 0.717) is 0 Å². The molecule has 0 aromatic heterocycles. The third kappa shape index (κ3) is 6.49. The van der Waals surface area contributed by atoms with Crippen LogP contribution in [0.1, 0.15) is 57.8 Å². The van der Waals surface area contributed by atoms with Crippen molar-refractivity contribution in [3.8, 4) is 0 Å². The number of carbonyl (C=O) groups is 2. The lowest BCUT2D eigenvalue weighted by molar-refractivity contribution is -0.384. The second-order valence-electron chi connectivity index (χ2n) is 7.52. The Morgan fingerprint density at radius 2 is 1.12 bits per heavy atom. The van der Waals surface area contributed by atoms with Crippen LogP contribution in [-0.2, 0) is 0 Å². The molecule has 3 rings (SSSR count). The van der Waals surface area contributed by atoms with E-state index in [9.17, 15) is 19.7 Å². The van der Waals surface area contributed by atoms with Crippen molar-refractivity contribution in [2.24, 2.45) is 0 Å². The second kappa shape index (κ2) is 10.7. The number of nitrogens with one attached hydrogen (secondary N) is 2. The minimum absolute atomic E-state index is 0.0367. The zero-order valence-corrected chi connectivity index (χ0v) is 21.0. The molecule has 0 bridgehead atoms. The van der Waals surface area contributed by atoms with Crippen LogP contribution >= 0.6 is 31.9 Å². The van der Waals surface area contributed by atoms with Gasteiger partial charge in [0.05, 0.1) is 17.0 Å². The van der Waals surface area contributed by atoms with Gasteiger partial charge in [-0.05, 0) is 55.3 Å². The van der Waals surface area contributed by atoms with Crippen LogP contribution in [0, 0.1) is 10.1 Å². The van der Waals surface area contributed by atoms with Crippen molar-refractivity contribution in [2.45, 2.75) is 25.9 Å². The number of carbonyl (C=O) groups excluding carboxylic acids is 2. The number of nitrogens with zero attached hydrogens (tertiary/aromatic N) is 1. The van der Waals surface area contributed by atoms with E-state index in [4.69, 9.17) is 0 Å². The first-order chi connectivity index (χ1) is 15.6. The Labute approximate surface area is 208 Å². The molecule has 0 saturated heterocycles. The van der Waals surface area contributed by atoms with Crippen LogP contribution in [0.2, 0.25) is 0 Å². The molecule has 3 aromatic rings. The molecule has 0 spiro atoms. The molecule has 0 aliphatic carbocycles. The molecule has 0 heterocycles. The van der Waals surface area contributed by atoms with E-state index in [0.717, 1.165) is 20.1 Å². The van der Waals surface area contributed by atoms with Gasteiger partial charge in [-0.15, -0.1) is 0 Å². The third-order valence-electron chi connectivity index (χ3n) is 5.09. The van der Waals surface area contributed by atoms with Crippen LogP contribution in [0.5, 0.6) is 0 Å². The van der Waals surface area contributed by atoms with Gasteiger partial charge in [-0.2, -0.15) is 0 Å². The molecular weight excluding hydrogens is 554 g/mol. The van der Waals surface area contributed by atoms with Gasteiger partial charge in [0.1, 0.15) is 0 Å². The number of rotatable bonds is 7. The van der Waals surface area contributed by atoms with Crippen molar-refractivity contribution in [3.63, 3.8) is 0 Å². The van der Waals surface area contributed by atoms with E-state index in [-0.39, 0.29) is 28.9 Å². The number of nitro benzene ring substituents is 1. The van der Waals surface area contributed by atoms with E-state index in [1.165, 1.54) is 18.2 Å². The zero-order chi connectivity index (χ0) is 24.1. The topological polar surface area (TPSA) is 101 Å². The maximum atomic E-state index is 12.8. The molecule has 0 fully saturated rings. The first-order valence-electron chi connectivity index (χ1n) is 10.1. The Morgan fingerprint density at radius 1 is 0.758 bits per heavy atom. The van der Waals surface area contributed by atoms with Gasteiger partial charge in [-0.1, -0.05) is 56.1 Å². The lowest BCUT2D eigenvalue weighted by Crippen LogP contribution is -2.29. The van der Waals surface area contributed by atoms with Crippen molar-refractivity contribution in [3.05, 3.63) is 108 Å². The quantitative estimate of drug-likeness (QED) is 0.263. The van der Waals surface area contributed by atoms with Crippen molar-refractivity contribution in [1.82, 2.24) is 10.6 Å². The molecule has 0 unspecified atom stereocenters. The van der Waals surface area contributed by atoms with Gasteiger partial charge < -0.3 is 10.6 Å². The first kappa shape index (κ1) is 24.6. The van der Waals surface area contributed by atoms with Crippen molar-refractivity contribution in [1.29, 1.82) is 0 Å². The lowest BCUT2D eigenvalue weighted by atomic mass is 10.0. The molecule has 0 aliphatic rings. The fraction of sp³-hybridized carbons (Fsp3) is 0.167. The molecule has 170 valence electrons. The van der Waals surface area contributed by atoms with Gasteiger partial charge in [-0.25, -0.2) is 0 Å². The van der Waals surface area contributed by atoms with Gasteiger partial charge in [0.15, 0.2) is 0 Å². The fourth-order valence-corrected chi connectivity index (χ4v) is 3.74. The summed E-state index contributed by atoms with van der Waals surface area (Å²) in [5.74, 6) is -1.02. The highest BCUT2D eigenvalue weighted by Crippen LogP contribution is 2.22. The fourth-order valence-electron chi connectivity index (χ4n) is 3.21. The van der Waals surface area contributed by atoms with Gasteiger partial charge >= 0.3 is 0 Å². The predicted molar refractivity (Wildman–Crippen MR) is 133 cm³/mol. The SMILES string of the molecule is C[C@H](NC(=O)c1cc(C(=O)N[C@H](C)c2ccc(Br)cc2)cc([N+](=O)[O-])c1)c1ccc(Br)cc1. The smallest absolute Gasteiger partial charge is 0.271 e. The summed E-state index contributed by atoms with van der Waals surface area (Å²) in [6, 6.07) is 17.9. The first-order valence-corrected chi connectivity index (χ1v) is 11.6. The summed E-state index contributed by atoms with van der Waals surface area (Å²) in [5.41, 5.74) is 1.49. The second-order valence-corrected chi connectivity index (χ2v) is 9.35. The Morgan fingerprint density at radius 3 is 1.45 bits per heavy atom. The van der Waals surface area contributed by atoms with Gasteiger partial charge in [0.25, 0.3) is 17.5 Å². The summed E-state index contributed by atoms with van der Waals surface area (Å²) in [6.07, 6.45) is 0. The highest BCUT2D eigenvalue weighted by Gasteiger charge is 2.20. The molecule has 0 saturated carbocycles. The Bertz CT molecular complexity index is 1100. The summed E-state index contributed by atoms with van der Waals surface area (Å²) in [5, 5.41) is 17.1. The van der Waals surface area contributed by atoms with Gasteiger partial charge in [0, 0.05) is 32.2 Å². The van der Waals surface area contributed by atoms with E-state index in [1.54, 1.807) is 0 Å². The number of amides is 2. The van der Waals surface area contributed by atoms with Gasteiger partial charge in [0.2, 0.25) is 0 Å².